The van der Waals surface area contributed by atoms with Crippen molar-refractivity contribution in [2.45, 2.75) is 19.3 Å². The topological polar surface area (TPSA) is 0 Å². The quantitative estimate of drug-likeness (QED) is 0.0871. The van der Waals surface area contributed by atoms with E-state index in [9.17, 15) is 0 Å². The molecule has 8 aromatic carbocycles. The van der Waals surface area contributed by atoms with Crippen molar-refractivity contribution in [1.29, 1.82) is 0 Å². The first-order valence-corrected chi connectivity index (χ1v) is 19.7. The van der Waals surface area contributed by atoms with Crippen LogP contribution in [0.15, 0.2) is 201 Å². The molecule has 0 radical (unpaired) electrons. The van der Waals surface area contributed by atoms with Gasteiger partial charge in [-0.2, -0.15) is 0 Å². The lowest BCUT2D eigenvalue weighted by atomic mass is 9.86. The molecule has 0 spiro atoms. The summed E-state index contributed by atoms with van der Waals surface area (Å²) in [5.74, 6) is 0. The minimum Gasteiger partial charge on any atom is -0.0984 e. The fraction of sp³-hybridized carbons (Fsp3) is 0.0526. The highest BCUT2D eigenvalue weighted by Gasteiger charge is 2.29. The molecule has 0 heterocycles. The smallest absolute Gasteiger partial charge is 0.00908 e. The Morgan fingerprint density at radius 2 is 1.12 bits per heavy atom. The summed E-state index contributed by atoms with van der Waals surface area (Å²) in [4.78, 5) is 0. The molecular formula is C57H44. The molecule has 0 nitrogen and oxygen atoms in total. The SMILES string of the molecule is C=Cc1ccc(-c2ccccc3ccccc3cc3ccccc23)cc1C=Cc1ccc2c(c1)C(C)(C)C=C2C=CC(=C)c1cc2ccccc2c2ccccc12. The fourth-order valence-electron chi connectivity index (χ4n) is 8.47. The summed E-state index contributed by atoms with van der Waals surface area (Å²) >= 11 is 0. The van der Waals surface area contributed by atoms with Gasteiger partial charge in [0.15, 0.2) is 0 Å². The van der Waals surface area contributed by atoms with E-state index in [4.69, 9.17) is 0 Å². The Bertz CT molecular complexity index is 3070. The Kier molecular flexibility index (Phi) is 9.33. The molecule has 0 bridgehead atoms. The van der Waals surface area contributed by atoms with E-state index in [2.05, 4.69) is 227 Å². The number of hydrogen-bond acceptors (Lipinski definition) is 0. The Morgan fingerprint density at radius 3 is 1.88 bits per heavy atom. The van der Waals surface area contributed by atoms with Crippen molar-refractivity contribution in [2.75, 3.05) is 0 Å². The molecule has 0 saturated carbocycles. The van der Waals surface area contributed by atoms with E-state index in [1.807, 2.05) is 6.08 Å². The number of rotatable bonds is 7. The molecule has 8 aromatic rings. The number of hydrogen-bond donors (Lipinski definition) is 0. The van der Waals surface area contributed by atoms with Gasteiger partial charge in [-0.25, -0.2) is 0 Å². The molecule has 9 rings (SSSR count). The Morgan fingerprint density at radius 1 is 0.491 bits per heavy atom. The van der Waals surface area contributed by atoms with E-state index in [1.165, 1.54) is 76.5 Å². The molecule has 1 aliphatic rings. The second-order valence-electron chi connectivity index (χ2n) is 15.5. The van der Waals surface area contributed by atoms with Gasteiger partial charge >= 0.3 is 0 Å². The van der Waals surface area contributed by atoms with Crippen LogP contribution in [0.4, 0.5) is 0 Å². The van der Waals surface area contributed by atoms with Crippen LogP contribution < -0.4 is 0 Å². The Hall–Kier alpha value is -7.02. The lowest BCUT2D eigenvalue weighted by Crippen LogP contribution is -2.10. The third-order valence-electron chi connectivity index (χ3n) is 11.4. The highest BCUT2D eigenvalue weighted by molar-refractivity contribution is 6.12. The van der Waals surface area contributed by atoms with Crippen molar-refractivity contribution in [3.63, 3.8) is 0 Å². The maximum Gasteiger partial charge on any atom is 0.00908 e. The van der Waals surface area contributed by atoms with Gasteiger partial charge < -0.3 is 0 Å². The minimum atomic E-state index is -0.111. The van der Waals surface area contributed by atoms with Crippen LogP contribution in [0.1, 0.15) is 47.2 Å². The monoisotopic (exact) mass is 728 g/mol. The standard InChI is InChI=1S/C57H44/c1-5-41-31-32-47(50-22-11-8-17-42-16-6-7-18-43(42)35-45-19-9-12-21-49(45)50)36-44(41)30-27-40-28-33-52-48(38-57(3,4)56(52)34-40)29-26-39(2)55-37-46-20-10-13-23-51(46)53-24-14-15-25-54(53)55/h5-38H,1-2H2,3-4H3. The van der Waals surface area contributed by atoms with E-state index in [1.54, 1.807) is 0 Å². The lowest BCUT2D eigenvalue weighted by Gasteiger charge is -2.18. The summed E-state index contributed by atoms with van der Waals surface area (Å²) in [5, 5.41) is 9.79. The van der Waals surface area contributed by atoms with Gasteiger partial charge in [-0.1, -0.05) is 215 Å². The first-order chi connectivity index (χ1) is 27.9. The van der Waals surface area contributed by atoms with Gasteiger partial charge in [-0.15, -0.1) is 0 Å². The predicted molar refractivity (Wildman–Crippen MR) is 251 cm³/mol. The van der Waals surface area contributed by atoms with Gasteiger partial charge in [0.2, 0.25) is 0 Å². The van der Waals surface area contributed by atoms with Crippen LogP contribution in [0.25, 0.3) is 83.6 Å². The maximum atomic E-state index is 4.55. The normalized spacial score (nSPS) is 13.3. The van der Waals surface area contributed by atoms with Crippen LogP contribution in [0.3, 0.4) is 0 Å². The molecular weight excluding hydrogens is 685 g/mol. The van der Waals surface area contributed by atoms with E-state index < -0.39 is 0 Å². The molecule has 0 atom stereocenters. The highest BCUT2D eigenvalue weighted by Crippen LogP contribution is 2.42. The third kappa shape index (κ3) is 6.92. The van der Waals surface area contributed by atoms with Crippen molar-refractivity contribution in [3.8, 4) is 11.1 Å². The van der Waals surface area contributed by atoms with Gasteiger partial charge in [0.1, 0.15) is 0 Å². The first-order valence-electron chi connectivity index (χ1n) is 19.7. The van der Waals surface area contributed by atoms with Crippen molar-refractivity contribution < 1.29 is 0 Å². The average molecular weight is 729 g/mol. The van der Waals surface area contributed by atoms with Gasteiger partial charge in [0, 0.05) is 5.41 Å². The maximum absolute atomic E-state index is 4.55. The van der Waals surface area contributed by atoms with Crippen LogP contribution in [0.5, 0.6) is 0 Å². The molecule has 1 aliphatic carbocycles. The minimum absolute atomic E-state index is 0.111. The molecule has 0 fully saturated rings. The van der Waals surface area contributed by atoms with Gasteiger partial charge in [-0.05, 0) is 117 Å². The summed E-state index contributed by atoms with van der Waals surface area (Å²) in [6, 6.07) is 61.3. The van der Waals surface area contributed by atoms with Crippen LogP contribution in [-0.2, 0) is 5.41 Å². The van der Waals surface area contributed by atoms with Crippen molar-refractivity contribution in [2.24, 2.45) is 0 Å². The summed E-state index contributed by atoms with van der Waals surface area (Å²) in [6.07, 6.45) is 13.2. The lowest BCUT2D eigenvalue weighted by molar-refractivity contribution is 0.683. The zero-order valence-electron chi connectivity index (χ0n) is 32.5. The van der Waals surface area contributed by atoms with Gasteiger partial charge in [-0.3, -0.25) is 0 Å². The zero-order chi connectivity index (χ0) is 38.9. The summed E-state index contributed by atoms with van der Waals surface area (Å²) < 4.78 is 0. The van der Waals surface area contributed by atoms with Crippen molar-refractivity contribution in [1.82, 2.24) is 0 Å². The second kappa shape index (κ2) is 14.9. The van der Waals surface area contributed by atoms with Crippen LogP contribution in [0, 0.1) is 0 Å². The summed E-state index contributed by atoms with van der Waals surface area (Å²) in [6.45, 7) is 13.3. The number of allylic oxidation sites excluding steroid dienone is 5. The molecule has 0 N–H and O–H groups in total. The van der Waals surface area contributed by atoms with Crippen LogP contribution in [-0.4, -0.2) is 0 Å². The molecule has 0 aromatic heterocycles. The zero-order valence-corrected chi connectivity index (χ0v) is 32.5. The van der Waals surface area contributed by atoms with Crippen LogP contribution in [0.2, 0.25) is 0 Å². The van der Waals surface area contributed by atoms with Crippen molar-refractivity contribution >= 4 is 72.5 Å². The molecule has 0 unspecified atom stereocenters. The van der Waals surface area contributed by atoms with Crippen molar-refractivity contribution in [3.05, 3.63) is 235 Å². The van der Waals surface area contributed by atoms with Gasteiger partial charge in [0.05, 0.1) is 0 Å². The largest absolute Gasteiger partial charge is 0.0984 e. The molecule has 272 valence electrons. The van der Waals surface area contributed by atoms with E-state index >= 15 is 0 Å². The van der Waals surface area contributed by atoms with E-state index in [-0.39, 0.29) is 5.41 Å². The summed E-state index contributed by atoms with van der Waals surface area (Å²) in [7, 11) is 0. The average Bonchev–Trinajstić information content (AvgIpc) is 3.50. The fourth-order valence-corrected chi connectivity index (χ4v) is 8.47. The molecule has 0 amide bonds. The van der Waals surface area contributed by atoms with Gasteiger partial charge in [0.25, 0.3) is 0 Å². The van der Waals surface area contributed by atoms with Crippen LogP contribution >= 0.6 is 0 Å². The number of benzene rings is 7. The Labute approximate surface area is 336 Å². The first kappa shape index (κ1) is 35.7. The predicted octanol–water partition coefficient (Wildman–Crippen LogP) is 15.8. The molecule has 0 heteroatoms. The highest BCUT2D eigenvalue weighted by atomic mass is 14.3. The summed E-state index contributed by atoms with van der Waals surface area (Å²) in [5.41, 5.74) is 11.6. The third-order valence-corrected chi connectivity index (χ3v) is 11.4. The van der Waals surface area contributed by atoms with E-state index in [0.29, 0.717) is 0 Å². The molecule has 0 saturated heterocycles. The van der Waals surface area contributed by atoms with E-state index in [0.717, 1.165) is 22.3 Å². The Balaban J connectivity index is 1.03. The number of fused-ring (bicyclic) bond motifs is 6. The molecule has 57 heavy (non-hydrogen) atoms. The second-order valence-corrected chi connectivity index (χ2v) is 15.5. The molecule has 0 aliphatic heterocycles.